The van der Waals surface area contributed by atoms with Crippen LogP contribution in [0.2, 0.25) is 0 Å². The molecule has 0 N–H and O–H groups in total. The van der Waals surface area contributed by atoms with Crippen LogP contribution in [0.15, 0.2) is 43.0 Å². The van der Waals surface area contributed by atoms with E-state index in [9.17, 15) is 24.5 Å². The molecule has 2 aromatic rings. The Hall–Kier alpha value is -3.55. The molecule has 2 aromatic carbocycles. The molecular formula is C20H18N2O6. The van der Waals surface area contributed by atoms with E-state index in [1.807, 2.05) is 0 Å². The number of hydrogen-bond donors (Lipinski definition) is 0. The first kappa shape index (κ1) is 19.2. The zero-order valence-corrected chi connectivity index (χ0v) is 15.4. The highest BCUT2D eigenvalue weighted by Gasteiger charge is 2.40. The number of imide groups is 1. The lowest BCUT2D eigenvalue weighted by Gasteiger charge is -2.35. The first-order valence-electron chi connectivity index (χ1n) is 8.65. The Labute approximate surface area is 160 Å². The number of carbonyl (C=O) groups excluding carboxylic acids is 3. The number of nitrogens with zero attached hydrogens (tertiary/aromatic N) is 2. The van der Waals surface area contributed by atoms with E-state index in [1.54, 1.807) is 19.9 Å². The highest BCUT2D eigenvalue weighted by Crippen LogP contribution is 2.36. The Bertz CT molecular complexity index is 1000. The molecule has 0 radical (unpaired) electrons. The molecule has 1 heterocycles. The van der Waals surface area contributed by atoms with Crippen molar-refractivity contribution < 1.29 is 24.0 Å². The van der Waals surface area contributed by atoms with Gasteiger partial charge in [0.15, 0.2) is 0 Å². The van der Waals surface area contributed by atoms with Crippen LogP contribution >= 0.6 is 0 Å². The monoisotopic (exact) mass is 382 g/mol. The molecule has 0 aliphatic carbocycles. The molecule has 0 saturated heterocycles. The Balaban J connectivity index is 2.13. The number of esters is 1. The summed E-state index contributed by atoms with van der Waals surface area (Å²) in [6, 6.07) is 6.52. The quantitative estimate of drug-likeness (QED) is 0.250. The van der Waals surface area contributed by atoms with E-state index in [-0.39, 0.29) is 40.1 Å². The predicted molar refractivity (Wildman–Crippen MR) is 101 cm³/mol. The summed E-state index contributed by atoms with van der Waals surface area (Å²) in [5.41, 5.74) is 0.239. The maximum absolute atomic E-state index is 13.1. The Morgan fingerprint density at radius 2 is 1.86 bits per heavy atom. The first-order chi connectivity index (χ1) is 13.3. The Morgan fingerprint density at radius 1 is 1.21 bits per heavy atom. The fraction of sp³-hybridized carbons (Fsp3) is 0.250. The summed E-state index contributed by atoms with van der Waals surface area (Å²) in [5.74, 6) is -1.99. The maximum atomic E-state index is 13.1. The smallest absolute Gasteiger partial charge is 0.330 e. The number of ether oxygens (including phenoxy) is 1. The van der Waals surface area contributed by atoms with Crippen molar-refractivity contribution in [1.82, 2.24) is 4.90 Å². The van der Waals surface area contributed by atoms with Gasteiger partial charge in [0, 0.05) is 28.7 Å². The zero-order valence-electron chi connectivity index (χ0n) is 15.4. The van der Waals surface area contributed by atoms with E-state index in [0.29, 0.717) is 0 Å². The van der Waals surface area contributed by atoms with Crippen LogP contribution in [0.4, 0.5) is 5.69 Å². The van der Waals surface area contributed by atoms with Gasteiger partial charge in [0.1, 0.15) is 6.61 Å². The van der Waals surface area contributed by atoms with Gasteiger partial charge in [-0.2, -0.15) is 0 Å². The van der Waals surface area contributed by atoms with Gasteiger partial charge in [-0.25, -0.2) is 4.79 Å². The molecule has 0 spiro atoms. The zero-order chi connectivity index (χ0) is 20.6. The molecule has 0 saturated carbocycles. The number of non-ortho nitro benzene ring substituents is 1. The van der Waals surface area contributed by atoms with Gasteiger partial charge in [0.2, 0.25) is 0 Å². The second-order valence-electron chi connectivity index (χ2n) is 6.74. The minimum absolute atomic E-state index is 0.168. The third-order valence-corrected chi connectivity index (χ3v) is 4.78. The van der Waals surface area contributed by atoms with Crippen molar-refractivity contribution in [3.63, 3.8) is 0 Å². The topological polar surface area (TPSA) is 107 Å². The van der Waals surface area contributed by atoms with Crippen molar-refractivity contribution in [3.05, 3.63) is 64.2 Å². The van der Waals surface area contributed by atoms with Gasteiger partial charge in [-0.15, -0.1) is 0 Å². The lowest BCUT2D eigenvalue weighted by molar-refractivity contribution is -0.383. The third kappa shape index (κ3) is 3.02. The molecule has 28 heavy (non-hydrogen) atoms. The van der Waals surface area contributed by atoms with Crippen LogP contribution in [0, 0.1) is 16.0 Å². The van der Waals surface area contributed by atoms with Gasteiger partial charge in [-0.1, -0.05) is 26.5 Å². The number of amides is 2. The molecule has 1 atom stereocenters. The molecule has 0 aromatic heterocycles. The van der Waals surface area contributed by atoms with Crippen molar-refractivity contribution >= 4 is 34.2 Å². The summed E-state index contributed by atoms with van der Waals surface area (Å²) in [4.78, 5) is 49.5. The van der Waals surface area contributed by atoms with Gasteiger partial charge < -0.3 is 4.74 Å². The molecule has 3 rings (SSSR count). The largest absolute Gasteiger partial charge is 0.460 e. The number of rotatable bonds is 6. The molecule has 0 bridgehead atoms. The average molecular weight is 382 g/mol. The lowest BCUT2D eigenvalue weighted by atomic mass is 9.90. The van der Waals surface area contributed by atoms with Crippen LogP contribution in [0.1, 0.15) is 34.6 Å². The van der Waals surface area contributed by atoms with Crippen molar-refractivity contribution in [2.75, 3.05) is 6.61 Å². The number of nitro benzene ring substituents is 1. The van der Waals surface area contributed by atoms with Gasteiger partial charge in [0.05, 0.1) is 16.4 Å². The van der Waals surface area contributed by atoms with Crippen LogP contribution in [0.5, 0.6) is 0 Å². The molecule has 8 heteroatoms. The van der Waals surface area contributed by atoms with Gasteiger partial charge >= 0.3 is 5.97 Å². The molecule has 144 valence electrons. The second-order valence-corrected chi connectivity index (χ2v) is 6.74. The minimum Gasteiger partial charge on any atom is -0.460 e. The molecule has 1 aliphatic rings. The third-order valence-electron chi connectivity index (χ3n) is 4.78. The lowest BCUT2D eigenvalue weighted by Crippen LogP contribution is -2.51. The molecular weight excluding hydrogens is 364 g/mol. The molecule has 1 aliphatic heterocycles. The predicted octanol–water partition coefficient (Wildman–Crippen LogP) is 3.10. The van der Waals surface area contributed by atoms with E-state index in [1.165, 1.54) is 24.3 Å². The summed E-state index contributed by atoms with van der Waals surface area (Å²) >= 11 is 0. The van der Waals surface area contributed by atoms with Crippen molar-refractivity contribution in [2.45, 2.75) is 19.9 Å². The second kappa shape index (κ2) is 7.22. The summed E-state index contributed by atoms with van der Waals surface area (Å²) in [6.07, 6.45) is 1.01. The number of benzene rings is 2. The molecule has 0 fully saturated rings. The number of nitro groups is 1. The van der Waals surface area contributed by atoms with Crippen LogP contribution in [-0.2, 0) is 9.53 Å². The summed E-state index contributed by atoms with van der Waals surface area (Å²) in [6.45, 7) is 6.77. The summed E-state index contributed by atoms with van der Waals surface area (Å²) in [7, 11) is 0. The van der Waals surface area contributed by atoms with Crippen LogP contribution in [0.25, 0.3) is 10.8 Å². The van der Waals surface area contributed by atoms with Crippen molar-refractivity contribution in [2.24, 2.45) is 5.92 Å². The SMILES string of the molecule is C=CC(=O)OCC(C(C)C)N1C(=O)c2cccc3c([N+](=O)[O-])ccc(c23)C1=O. The Kier molecular flexibility index (Phi) is 4.96. The van der Waals surface area contributed by atoms with Crippen molar-refractivity contribution in [1.29, 1.82) is 0 Å². The van der Waals surface area contributed by atoms with Gasteiger partial charge in [0.25, 0.3) is 17.5 Å². The van der Waals surface area contributed by atoms with Crippen LogP contribution < -0.4 is 0 Å². The number of hydrogen-bond acceptors (Lipinski definition) is 6. The highest BCUT2D eigenvalue weighted by atomic mass is 16.6. The normalized spacial score (nSPS) is 14.3. The molecule has 1 unspecified atom stereocenters. The minimum atomic E-state index is -0.692. The summed E-state index contributed by atoms with van der Waals surface area (Å²) in [5, 5.41) is 11.8. The fourth-order valence-corrected chi connectivity index (χ4v) is 3.35. The van der Waals surface area contributed by atoms with E-state index in [0.717, 1.165) is 11.0 Å². The van der Waals surface area contributed by atoms with E-state index in [4.69, 9.17) is 4.74 Å². The van der Waals surface area contributed by atoms with Gasteiger partial charge in [-0.05, 0) is 24.1 Å². The maximum Gasteiger partial charge on any atom is 0.330 e. The standard InChI is InChI=1S/C20H18N2O6/c1-4-17(23)28-10-16(11(2)3)21-19(24)13-7-5-6-12-15(22(26)27)9-8-14(18(12)13)20(21)25/h4-9,11,16H,1,10H2,2-3H3. The van der Waals surface area contributed by atoms with Gasteiger partial charge in [-0.3, -0.25) is 24.6 Å². The van der Waals surface area contributed by atoms with E-state index in [2.05, 4.69) is 6.58 Å². The highest BCUT2D eigenvalue weighted by molar-refractivity contribution is 6.26. The molecule has 8 nitrogen and oxygen atoms in total. The fourth-order valence-electron chi connectivity index (χ4n) is 3.35. The number of carbonyl (C=O) groups is 3. The van der Waals surface area contributed by atoms with Crippen LogP contribution in [-0.4, -0.2) is 40.3 Å². The molecule has 2 amide bonds. The summed E-state index contributed by atoms with van der Waals surface area (Å²) < 4.78 is 5.08. The first-order valence-corrected chi connectivity index (χ1v) is 8.65. The van der Waals surface area contributed by atoms with E-state index >= 15 is 0 Å². The Morgan fingerprint density at radius 3 is 2.43 bits per heavy atom. The average Bonchev–Trinajstić information content (AvgIpc) is 2.67. The van der Waals surface area contributed by atoms with E-state index < -0.39 is 28.7 Å². The van der Waals surface area contributed by atoms with Crippen molar-refractivity contribution in [3.8, 4) is 0 Å². The van der Waals surface area contributed by atoms with Crippen LogP contribution in [0.3, 0.4) is 0 Å².